The van der Waals surface area contributed by atoms with Crippen molar-refractivity contribution in [1.29, 1.82) is 0 Å². The van der Waals surface area contributed by atoms with Gasteiger partial charge in [0.15, 0.2) is 11.5 Å². The first kappa shape index (κ1) is 22.1. The number of sulfonamides is 1. The molecule has 31 heavy (non-hydrogen) atoms. The molecule has 0 bridgehead atoms. The number of amides is 1. The van der Waals surface area contributed by atoms with Gasteiger partial charge in [0, 0.05) is 23.5 Å². The molecule has 0 saturated carbocycles. The molecule has 2 aromatic carbocycles. The van der Waals surface area contributed by atoms with Crippen LogP contribution in [-0.4, -0.2) is 51.0 Å². The highest BCUT2D eigenvalue weighted by atomic mass is 79.9. The monoisotopic (exact) mass is 508 g/mol. The van der Waals surface area contributed by atoms with Crippen LogP contribution >= 0.6 is 15.9 Å². The summed E-state index contributed by atoms with van der Waals surface area (Å²) in [5.41, 5.74) is 0.749. The zero-order valence-electron chi connectivity index (χ0n) is 17.0. The highest BCUT2D eigenvalue weighted by Crippen LogP contribution is 2.30. The number of hydrogen-bond donors (Lipinski definition) is 1. The smallest absolute Gasteiger partial charge is 0.223 e. The number of piperidine rings is 1. The van der Waals surface area contributed by atoms with Gasteiger partial charge in [0.1, 0.15) is 12.7 Å². The van der Waals surface area contributed by atoms with Crippen LogP contribution in [0.5, 0.6) is 11.5 Å². The minimum atomic E-state index is -3.41. The number of nitrogens with zero attached hydrogens (tertiary/aromatic N) is 1. The van der Waals surface area contributed by atoms with Gasteiger partial charge in [0.05, 0.1) is 12.3 Å². The molecule has 0 aliphatic carbocycles. The van der Waals surface area contributed by atoms with Crippen LogP contribution in [0.2, 0.25) is 0 Å². The van der Waals surface area contributed by atoms with Gasteiger partial charge < -0.3 is 14.8 Å². The fraction of sp³-hybridized carbons (Fsp3) is 0.409. The van der Waals surface area contributed by atoms with E-state index in [2.05, 4.69) is 21.2 Å². The van der Waals surface area contributed by atoms with E-state index in [-0.39, 0.29) is 23.7 Å². The van der Waals surface area contributed by atoms with Crippen LogP contribution in [0.4, 0.5) is 0 Å². The van der Waals surface area contributed by atoms with E-state index in [9.17, 15) is 13.2 Å². The van der Waals surface area contributed by atoms with E-state index < -0.39 is 10.0 Å². The lowest BCUT2D eigenvalue weighted by atomic mass is 9.97. The van der Waals surface area contributed by atoms with Crippen molar-refractivity contribution < 1.29 is 22.7 Å². The Labute approximate surface area is 190 Å². The summed E-state index contributed by atoms with van der Waals surface area (Å²) < 4.78 is 39.4. The first-order chi connectivity index (χ1) is 14.9. The van der Waals surface area contributed by atoms with Gasteiger partial charge in [0.2, 0.25) is 15.9 Å². The van der Waals surface area contributed by atoms with Gasteiger partial charge in [-0.3, -0.25) is 4.79 Å². The summed E-state index contributed by atoms with van der Waals surface area (Å²) in [6.45, 7) is 1.44. The number of nitrogens with one attached hydrogen (secondary N) is 1. The van der Waals surface area contributed by atoms with Crippen molar-refractivity contribution in [3.05, 3.63) is 58.6 Å². The molecular weight excluding hydrogens is 484 g/mol. The maximum absolute atomic E-state index is 12.7. The van der Waals surface area contributed by atoms with Gasteiger partial charge in [-0.2, -0.15) is 0 Å². The molecule has 1 amide bonds. The van der Waals surface area contributed by atoms with Crippen molar-refractivity contribution in [2.75, 3.05) is 26.2 Å². The molecule has 1 N–H and O–H groups in total. The SMILES string of the molecule is O=C(NC[C@@H]1COc2ccccc2O1)C1CCN(S(=O)(=O)Cc2ccc(Br)cc2)CC1. The molecule has 0 unspecified atom stereocenters. The van der Waals surface area contributed by atoms with E-state index >= 15 is 0 Å². The molecule has 2 heterocycles. The number of halogens is 1. The molecule has 2 aromatic rings. The van der Waals surface area contributed by atoms with Crippen molar-refractivity contribution in [1.82, 2.24) is 9.62 Å². The molecule has 166 valence electrons. The van der Waals surface area contributed by atoms with Gasteiger partial charge in [-0.1, -0.05) is 40.2 Å². The second-order valence-electron chi connectivity index (χ2n) is 7.80. The Morgan fingerprint density at radius 1 is 1.06 bits per heavy atom. The van der Waals surface area contributed by atoms with Crippen LogP contribution in [-0.2, 0) is 20.6 Å². The lowest BCUT2D eigenvalue weighted by Gasteiger charge is -2.31. The Kier molecular flexibility index (Phi) is 6.83. The second-order valence-corrected chi connectivity index (χ2v) is 10.7. The standard InChI is InChI=1S/C22H25BrN2O5S/c23-18-7-5-16(6-8-18)15-31(27,28)25-11-9-17(10-12-25)22(26)24-13-19-14-29-20-3-1-2-4-21(20)30-19/h1-8,17,19H,9-15H2,(H,24,26)/t19-/m1/s1. The summed E-state index contributed by atoms with van der Waals surface area (Å²) in [4.78, 5) is 12.6. The van der Waals surface area contributed by atoms with E-state index in [1.165, 1.54) is 4.31 Å². The van der Waals surface area contributed by atoms with E-state index in [4.69, 9.17) is 9.47 Å². The van der Waals surface area contributed by atoms with Crippen LogP contribution in [0.1, 0.15) is 18.4 Å². The number of ether oxygens (including phenoxy) is 2. The summed E-state index contributed by atoms with van der Waals surface area (Å²) in [5.74, 6) is 1.10. The maximum Gasteiger partial charge on any atom is 0.223 e. The van der Waals surface area contributed by atoms with E-state index in [0.717, 1.165) is 10.0 Å². The third-order valence-corrected chi connectivity index (χ3v) is 7.93. The van der Waals surface area contributed by atoms with Gasteiger partial charge in [-0.25, -0.2) is 12.7 Å². The number of rotatable bonds is 6. The zero-order valence-corrected chi connectivity index (χ0v) is 19.4. The van der Waals surface area contributed by atoms with Crippen molar-refractivity contribution in [3.63, 3.8) is 0 Å². The number of carbonyl (C=O) groups is 1. The Morgan fingerprint density at radius 2 is 1.74 bits per heavy atom. The number of hydrogen-bond acceptors (Lipinski definition) is 5. The molecule has 0 radical (unpaired) electrons. The number of fused-ring (bicyclic) bond motifs is 1. The van der Waals surface area contributed by atoms with Crippen LogP contribution in [0.3, 0.4) is 0 Å². The maximum atomic E-state index is 12.7. The molecule has 1 saturated heterocycles. The largest absolute Gasteiger partial charge is 0.486 e. The summed E-state index contributed by atoms with van der Waals surface area (Å²) in [6, 6.07) is 14.7. The van der Waals surface area contributed by atoms with Crippen molar-refractivity contribution in [3.8, 4) is 11.5 Å². The summed E-state index contributed by atoms with van der Waals surface area (Å²) in [6.07, 6.45) is 0.775. The van der Waals surface area contributed by atoms with Crippen molar-refractivity contribution in [2.24, 2.45) is 5.92 Å². The van der Waals surface area contributed by atoms with Gasteiger partial charge >= 0.3 is 0 Å². The Morgan fingerprint density at radius 3 is 2.45 bits per heavy atom. The Hall–Kier alpha value is -2.10. The highest BCUT2D eigenvalue weighted by molar-refractivity contribution is 9.10. The Balaban J connectivity index is 1.24. The molecule has 7 nitrogen and oxygen atoms in total. The third kappa shape index (κ3) is 5.58. The Bertz CT molecular complexity index is 1020. The average Bonchev–Trinajstić information content (AvgIpc) is 2.79. The molecular formula is C22H25BrN2O5S. The van der Waals surface area contributed by atoms with Crippen molar-refractivity contribution >= 4 is 31.9 Å². The lowest BCUT2D eigenvalue weighted by molar-refractivity contribution is -0.126. The van der Waals surface area contributed by atoms with Crippen LogP contribution in [0.15, 0.2) is 53.0 Å². The quantitative estimate of drug-likeness (QED) is 0.648. The zero-order chi connectivity index (χ0) is 21.8. The molecule has 1 fully saturated rings. The number of para-hydroxylation sites is 2. The molecule has 0 aromatic heterocycles. The molecule has 2 aliphatic heterocycles. The highest BCUT2D eigenvalue weighted by Gasteiger charge is 2.31. The van der Waals surface area contributed by atoms with Crippen LogP contribution in [0, 0.1) is 5.92 Å². The minimum Gasteiger partial charge on any atom is -0.486 e. The summed E-state index contributed by atoms with van der Waals surface area (Å²) in [7, 11) is -3.41. The van der Waals surface area contributed by atoms with Crippen molar-refractivity contribution in [2.45, 2.75) is 24.7 Å². The van der Waals surface area contributed by atoms with E-state index in [0.29, 0.717) is 50.6 Å². The molecule has 4 rings (SSSR count). The van der Waals surface area contributed by atoms with Gasteiger partial charge in [0.25, 0.3) is 0 Å². The van der Waals surface area contributed by atoms with E-state index in [1.54, 1.807) is 12.1 Å². The predicted octanol–water partition coefficient (Wildman–Crippen LogP) is 2.95. The first-order valence-corrected chi connectivity index (χ1v) is 12.7. The topological polar surface area (TPSA) is 84.9 Å². The summed E-state index contributed by atoms with van der Waals surface area (Å²) in [5, 5.41) is 2.94. The fourth-order valence-corrected chi connectivity index (χ4v) is 5.63. The van der Waals surface area contributed by atoms with E-state index in [1.807, 2.05) is 36.4 Å². The molecule has 0 spiro atoms. The lowest BCUT2D eigenvalue weighted by Crippen LogP contribution is -2.46. The average molecular weight is 509 g/mol. The molecule has 9 heteroatoms. The first-order valence-electron chi connectivity index (χ1n) is 10.3. The van der Waals surface area contributed by atoms with Crippen LogP contribution in [0.25, 0.3) is 0 Å². The van der Waals surface area contributed by atoms with Gasteiger partial charge in [-0.15, -0.1) is 0 Å². The summed E-state index contributed by atoms with van der Waals surface area (Å²) >= 11 is 3.35. The normalized spacial score (nSPS) is 19.7. The van der Waals surface area contributed by atoms with Gasteiger partial charge in [-0.05, 0) is 42.7 Å². The second kappa shape index (κ2) is 9.58. The van der Waals surface area contributed by atoms with Crippen LogP contribution < -0.4 is 14.8 Å². The fourth-order valence-electron chi connectivity index (χ4n) is 3.80. The third-order valence-electron chi connectivity index (χ3n) is 5.55. The number of benzene rings is 2. The minimum absolute atomic E-state index is 0.0301. The molecule has 2 aliphatic rings. The molecule has 1 atom stereocenters. The number of carbonyl (C=O) groups excluding carboxylic acids is 1. The predicted molar refractivity (Wildman–Crippen MR) is 120 cm³/mol.